The van der Waals surface area contributed by atoms with Gasteiger partial charge in [0, 0.05) is 11.5 Å². The molecule has 0 aliphatic heterocycles. The monoisotopic (exact) mass is 212 g/mol. The standard InChI is InChI=1S/C10H13O3P/c1-2-14(13,8-10(11)12)9-6-4-3-5-7-9/h3-7H,2,8H2,1H3,(H,11,12). The zero-order valence-electron chi connectivity index (χ0n) is 8.01. The summed E-state index contributed by atoms with van der Waals surface area (Å²) in [7, 11) is -2.71. The smallest absolute Gasteiger partial charge is 0.311 e. The summed E-state index contributed by atoms with van der Waals surface area (Å²) in [6.07, 6.45) is 0.136. The highest BCUT2D eigenvalue weighted by Crippen LogP contribution is 2.43. The summed E-state index contributed by atoms with van der Waals surface area (Å²) in [4.78, 5) is 10.6. The number of hydrogen-bond acceptors (Lipinski definition) is 2. The van der Waals surface area contributed by atoms with Crippen molar-refractivity contribution in [2.24, 2.45) is 0 Å². The average molecular weight is 212 g/mol. The van der Waals surface area contributed by atoms with Gasteiger partial charge < -0.3 is 9.67 Å². The van der Waals surface area contributed by atoms with E-state index >= 15 is 0 Å². The Kier molecular flexibility index (Phi) is 3.48. The molecular weight excluding hydrogens is 199 g/mol. The lowest BCUT2D eigenvalue weighted by Gasteiger charge is -2.13. The van der Waals surface area contributed by atoms with Crippen LogP contribution in [0.4, 0.5) is 0 Å². The molecule has 0 aliphatic carbocycles. The third kappa shape index (κ3) is 2.46. The van der Waals surface area contributed by atoms with Gasteiger partial charge in [0.05, 0.1) is 0 Å². The summed E-state index contributed by atoms with van der Waals surface area (Å²) in [6.45, 7) is 1.76. The minimum absolute atomic E-state index is 0.256. The molecule has 1 rings (SSSR count). The summed E-state index contributed by atoms with van der Waals surface area (Å²) in [5, 5.41) is 9.33. The minimum atomic E-state index is -2.71. The molecule has 0 fully saturated rings. The Balaban J connectivity index is 3.02. The van der Waals surface area contributed by atoms with Gasteiger partial charge in [-0.1, -0.05) is 37.3 Å². The topological polar surface area (TPSA) is 54.4 Å². The molecule has 1 unspecified atom stereocenters. The molecule has 0 saturated heterocycles. The van der Waals surface area contributed by atoms with Crippen LogP contribution >= 0.6 is 7.14 Å². The molecule has 0 aliphatic rings. The van der Waals surface area contributed by atoms with Gasteiger partial charge >= 0.3 is 5.97 Å². The van der Waals surface area contributed by atoms with Crippen molar-refractivity contribution in [3.8, 4) is 0 Å². The molecule has 0 spiro atoms. The normalized spacial score (nSPS) is 14.6. The summed E-state index contributed by atoms with van der Waals surface area (Å²) in [5.41, 5.74) is 0. The second-order valence-electron chi connectivity index (χ2n) is 3.09. The van der Waals surface area contributed by atoms with Crippen LogP contribution in [0.5, 0.6) is 0 Å². The zero-order chi connectivity index (χ0) is 10.6. The number of benzene rings is 1. The lowest BCUT2D eigenvalue weighted by atomic mass is 10.4. The summed E-state index contributed by atoms with van der Waals surface area (Å²) < 4.78 is 12.2. The van der Waals surface area contributed by atoms with Gasteiger partial charge in [-0.2, -0.15) is 0 Å². The fraction of sp³-hybridized carbons (Fsp3) is 0.300. The van der Waals surface area contributed by atoms with Crippen LogP contribution in [0.15, 0.2) is 30.3 Å². The highest BCUT2D eigenvalue weighted by molar-refractivity contribution is 7.72. The Labute approximate surface area is 83.1 Å². The molecule has 0 bridgehead atoms. The maximum Gasteiger partial charge on any atom is 0.311 e. The van der Waals surface area contributed by atoms with Gasteiger partial charge in [0.25, 0.3) is 0 Å². The van der Waals surface area contributed by atoms with E-state index in [4.69, 9.17) is 5.11 Å². The van der Waals surface area contributed by atoms with E-state index in [1.807, 2.05) is 6.07 Å². The second-order valence-corrected chi connectivity index (χ2v) is 6.34. The molecule has 4 heteroatoms. The molecule has 0 amide bonds. The van der Waals surface area contributed by atoms with Crippen molar-refractivity contribution in [2.45, 2.75) is 6.92 Å². The number of carboxylic acid groups (broad SMARTS) is 1. The fourth-order valence-corrected chi connectivity index (χ4v) is 3.23. The van der Waals surface area contributed by atoms with E-state index in [1.54, 1.807) is 31.2 Å². The van der Waals surface area contributed by atoms with Crippen LogP contribution in [0.2, 0.25) is 0 Å². The van der Waals surface area contributed by atoms with Gasteiger partial charge in [0.1, 0.15) is 13.3 Å². The van der Waals surface area contributed by atoms with Crippen molar-refractivity contribution < 1.29 is 14.5 Å². The molecule has 1 N–H and O–H groups in total. The first-order chi connectivity index (χ1) is 6.58. The van der Waals surface area contributed by atoms with Crippen molar-refractivity contribution in [1.29, 1.82) is 0 Å². The highest BCUT2D eigenvalue weighted by Gasteiger charge is 2.25. The Morgan fingerprint density at radius 1 is 1.36 bits per heavy atom. The van der Waals surface area contributed by atoms with Gasteiger partial charge in [0.2, 0.25) is 0 Å². The third-order valence-corrected chi connectivity index (χ3v) is 5.17. The van der Waals surface area contributed by atoms with Crippen LogP contribution in [0.1, 0.15) is 6.92 Å². The number of rotatable bonds is 4. The molecular formula is C10H13O3P. The zero-order valence-corrected chi connectivity index (χ0v) is 8.91. The van der Waals surface area contributed by atoms with Crippen LogP contribution in [-0.4, -0.2) is 23.4 Å². The molecule has 0 saturated carbocycles. The number of carbonyl (C=O) groups is 1. The number of carboxylic acids is 1. The van der Waals surface area contributed by atoms with Crippen molar-refractivity contribution >= 4 is 18.4 Å². The molecule has 0 radical (unpaired) electrons. The first-order valence-corrected chi connectivity index (χ1v) is 6.51. The van der Waals surface area contributed by atoms with E-state index in [0.29, 0.717) is 11.5 Å². The van der Waals surface area contributed by atoms with E-state index in [1.165, 1.54) is 0 Å². The first kappa shape index (κ1) is 11.0. The Morgan fingerprint density at radius 3 is 2.36 bits per heavy atom. The second kappa shape index (κ2) is 4.43. The predicted molar refractivity (Wildman–Crippen MR) is 56.7 cm³/mol. The first-order valence-electron chi connectivity index (χ1n) is 4.44. The Morgan fingerprint density at radius 2 is 1.93 bits per heavy atom. The van der Waals surface area contributed by atoms with Crippen molar-refractivity contribution in [3.05, 3.63) is 30.3 Å². The van der Waals surface area contributed by atoms with Crippen LogP contribution in [0, 0.1) is 0 Å². The maximum absolute atomic E-state index is 12.2. The van der Waals surface area contributed by atoms with Crippen LogP contribution in [0.3, 0.4) is 0 Å². The quantitative estimate of drug-likeness (QED) is 0.774. The van der Waals surface area contributed by atoms with E-state index in [9.17, 15) is 9.36 Å². The highest BCUT2D eigenvalue weighted by atomic mass is 31.2. The van der Waals surface area contributed by atoms with E-state index in [0.717, 1.165) is 0 Å². The number of aliphatic carboxylic acids is 1. The largest absolute Gasteiger partial charge is 0.481 e. The molecule has 1 aromatic rings. The fourth-order valence-electron chi connectivity index (χ4n) is 1.30. The van der Waals surface area contributed by atoms with Gasteiger partial charge in [-0.15, -0.1) is 0 Å². The molecule has 1 aromatic carbocycles. The van der Waals surface area contributed by atoms with E-state index < -0.39 is 13.1 Å². The molecule has 3 nitrogen and oxygen atoms in total. The summed E-state index contributed by atoms with van der Waals surface area (Å²) in [6, 6.07) is 8.84. The lowest BCUT2D eigenvalue weighted by molar-refractivity contribution is -0.134. The van der Waals surface area contributed by atoms with Gasteiger partial charge in [0.15, 0.2) is 0 Å². The third-order valence-electron chi connectivity index (χ3n) is 2.13. The van der Waals surface area contributed by atoms with E-state index in [2.05, 4.69) is 0 Å². The summed E-state index contributed by atoms with van der Waals surface area (Å²) in [5.74, 6) is -1.00. The van der Waals surface area contributed by atoms with Crippen LogP contribution < -0.4 is 5.30 Å². The van der Waals surface area contributed by atoms with Crippen molar-refractivity contribution in [1.82, 2.24) is 0 Å². The molecule has 76 valence electrons. The predicted octanol–water partition coefficient (Wildman–Crippen LogP) is 1.78. The lowest BCUT2D eigenvalue weighted by Crippen LogP contribution is -2.14. The van der Waals surface area contributed by atoms with Gasteiger partial charge in [-0.05, 0) is 0 Å². The van der Waals surface area contributed by atoms with E-state index in [-0.39, 0.29) is 6.16 Å². The Bertz CT molecular complexity index is 359. The van der Waals surface area contributed by atoms with Crippen LogP contribution in [0.25, 0.3) is 0 Å². The minimum Gasteiger partial charge on any atom is -0.481 e. The number of hydrogen-bond donors (Lipinski definition) is 1. The Hall–Kier alpha value is -1.08. The maximum atomic E-state index is 12.2. The van der Waals surface area contributed by atoms with Crippen molar-refractivity contribution in [2.75, 3.05) is 12.3 Å². The molecule has 0 heterocycles. The molecule has 1 atom stereocenters. The summed E-state index contributed by atoms with van der Waals surface area (Å²) >= 11 is 0. The van der Waals surface area contributed by atoms with Crippen LogP contribution in [-0.2, 0) is 9.36 Å². The van der Waals surface area contributed by atoms with Crippen molar-refractivity contribution in [3.63, 3.8) is 0 Å². The average Bonchev–Trinajstić information content (AvgIpc) is 2.18. The molecule has 14 heavy (non-hydrogen) atoms. The SMILES string of the molecule is CCP(=O)(CC(=O)O)c1ccccc1. The molecule has 0 aromatic heterocycles. The van der Waals surface area contributed by atoms with Gasteiger partial charge in [-0.3, -0.25) is 4.79 Å². The van der Waals surface area contributed by atoms with Gasteiger partial charge in [-0.25, -0.2) is 0 Å².